The van der Waals surface area contributed by atoms with Gasteiger partial charge >= 0.3 is 0 Å². The van der Waals surface area contributed by atoms with Crippen LogP contribution in [0.3, 0.4) is 0 Å². The Bertz CT molecular complexity index is 701. The van der Waals surface area contributed by atoms with Gasteiger partial charge in [0.15, 0.2) is 9.84 Å². The van der Waals surface area contributed by atoms with Crippen molar-refractivity contribution in [2.75, 3.05) is 23.8 Å². The van der Waals surface area contributed by atoms with Crippen molar-refractivity contribution in [3.8, 4) is 0 Å². The molecule has 1 atom stereocenters. The lowest BCUT2D eigenvalue weighted by Gasteiger charge is -2.33. The van der Waals surface area contributed by atoms with Crippen LogP contribution < -0.4 is 5.73 Å². The molecular weight excluding hydrogens is 298 g/mol. The molecule has 9 heteroatoms. The molecule has 0 aliphatic carbocycles. The second-order valence-corrected chi connectivity index (χ2v) is 7.22. The molecule has 21 heavy (non-hydrogen) atoms. The lowest BCUT2D eigenvalue weighted by Crippen LogP contribution is -2.49. The van der Waals surface area contributed by atoms with Gasteiger partial charge in [0.05, 0.1) is 16.4 Å². The maximum Gasteiger partial charge on any atom is 0.282 e. The Hall–Kier alpha value is -2.16. The van der Waals surface area contributed by atoms with Gasteiger partial charge in [-0.25, -0.2) is 8.42 Å². The summed E-state index contributed by atoms with van der Waals surface area (Å²) in [5, 5.41) is 11.0. The van der Waals surface area contributed by atoms with Crippen LogP contribution in [0.4, 0.5) is 11.4 Å². The number of nitro groups is 1. The first kappa shape index (κ1) is 15.2. The number of hydrogen-bond acceptors (Lipinski definition) is 6. The summed E-state index contributed by atoms with van der Waals surface area (Å²) in [5.74, 6) is -0.856. The number of hydrogen-bond donors (Lipinski definition) is 1. The number of amides is 1. The van der Waals surface area contributed by atoms with Crippen molar-refractivity contribution in [2.45, 2.75) is 13.0 Å². The predicted molar refractivity (Wildman–Crippen MR) is 76.7 cm³/mol. The zero-order valence-electron chi connectivity index (χ0n) is 11.4. The molecule has 1 amide bonds. The SMILES string of the molecule is CC1CS(=O)(=O)CCN1C(=O)c1cc(N)ccc1[N+](=O)[O-]. The maximum atomic E-state index is 12.5. The summed E-state index contributed by atoms with van der Waals surface area (Å²) in [6.07, 6.45) is 0. The lowest BCUT2D eigenvalue weighted by atomic mass is 10.1. The van der Waals surface area contributed by atoms with E-state index in [-0.39, 0.29) is 35.0 Å². The molecule has 1 aromatic rings. The first-order valence-corrected chi connectivity index (χ1v) is 8.09. The fourth-order valence-corrected chi connectivity index (χ4v) is 3.90. The summed E-state index contributed by atoms with van der Waals surface area (Å²) >= 11 is 0. The number of benzene rings is 1. The van der Waals surface area contributed by atoms with Crippen molar-refractivity contribution in [3.63, 3.8) is 0 Å². The third-order valence-electron chi connectivity index (χ3n) is 3.38. The minimum absolute atomic E-state index is 0.0221. The van der Waals surface area contributed by atoms with E-state index in [4.69, 9.17) is 5.73 Å². The van der Waals surface area contributed by atoms with Crippen molar-refractivity contribution in [2.24, 2.45) is 0 Å². The monoisotopic (exact) mass is 313 g/mol. The largest absolute Gasteiger partial charge is 0.399 e. The molecular formula is C12H15N3O5S. The van der Waals surface area contributed by atoms with Gasteiger partial charge in [0.2, 0.25) is 0 Å². The third-order valence-corrected chi connectivity index (χ3v) is 5.17. The molecule has 2 rings (SSSR count). The number of nitro benzene ring substituents is 1. The molecule has 8 nitrogen and oxygen atoms in total. The minimum Gasteiger partial charge on any atom is -0.399 e. The normalized spacial score (nSPS) is 21.0. The van der Waals surface area contributed by atoms with Crippen LogP contribution in [-0.2, 0) is 9.84 Å². The van der Waals surface area contributed by atoms with Crippen molar-refractivity contribution in [1.29, 1.82) is 0 Å². The number of rotatable bonds is 2. The van der Waals surface area contributed by atoms with E-state index < -0.39 is 26.7 Å². The highest BCUT2D eigenvalue weighted by molar-refractivity contribution is 7.91. The topological polar surface area (TPSA) is 124 Å². The average molecular weight is 313 g/mol. The van der Waals surface area contributed by atoms with E-state index in [1.807, 2.05) is 0 Å². The van der Waals surface area contributed by atoms with E-state index in [9.17, 15) is 23.3 Å². The van der Waals surface area contributed by atoms with Crippen LogP contribution in [0.5, 0.6) is 0 Å². The summed E-state index contributed by atoms with van der Waals surface area (Å²) in [5.41, 5.74) is 5.36. The second-order valence-electron chi connectivity index (χ2n) is 5.00. The number of carbonyl (C=O) groups is 1. The Labute approximate surface area is 121 Å². The average Bonchev–Trinajstić information content (AvgIpc) is 2.36. The fraction of sp³-hybridized carbons (Fsp3) is 0.417. The first-order valence-electron chi connectivity index (χ1n) is 6.26. The zero-order valence-corrected chi connectivity index (χ0v) is 12.2. The summed E-state index contributed by atoms with van der Waals surface area (Å²) in [6, 6.07) is 3.24. The van der Waals surface area contributed by atoms with E-state index in [0.717, 1.165) is 0 Å². The van der Waals surface area contributed by atoms with Gasteiger partial charge in [0.25, 0.3) is 11.6 Å². The molecule has 1 unspecified atom stereocenters. The van der Waals surface area contributed by atoms with Crippen LogP contribution in [0, 0.1) is 10.1 Å². The van der Waals surface area contributed by atoms with Crippen LogP contribution in [-0.4, -0.2) is 48.2 Å². The van der Waals surface area contributed by atoms with E-state index in [1.165, 1.54) is 23.1 Å². The molecule has 1 aromatic carbocycles. The molecule has 1 aliphatic rings. The molecule has 1 saturated heterocycles. The Morgan fingerprint density at radius 3 is 2.71 bits per heavy atom. The highest BCUT2D eigenvalue weighted by atomic mass is 32.2. The van der Waals surface area contributed by atoms with Crippen molar-refractivity contribution < 1.29 is 18.1 Å². The molecule has 0 bridgehead atoms. The number of carbonyl (C=O) groups excluding carboxylic acids is 1. The summed E-state index contributed by atoms with van der Waals surface area (Å²) in [6.45, 7) is 1.63. The van der Waals surface area contributed by atoms with Crippen LogP contribution in [0.25, 0.3) is 0 Å². The molecule has 1 aliphatic heterocycles. The molecule has 0 saturated carbocycles. The van der Waals surface area contributed by atoms with Crippen LogP contribution in [0.2, 0.25) is 0 Å². The van der Waals surface area contributed by atoms with Crippen molar-refractivity contribution in [3.05, 3.63) is 33.9 Å². The fourth-order valence-electron chi connectivity index (χ4n) is 2.34. The smallest absolute Gasteiger partial charge is 0.282 e. The van der Waals surface area contributed by atoms with E-state index in [2.05, 4.69) is 0 Å². The van der Waals surface area contributed by atoms with Gasteiger partial charge in [-0.1, -0.05) is 0 Å². The number of nitrogens with two attached hydrogens (primary N) is 1. The Morgan fingerprint density at radius 2 is 2.14 bits per heavy atom. The molecule has 114 valence electrons. The van der Waals surface area contributed by atoms with Gasteiger partial charge in [-0.15, -0.1) is 0 Å². The lowest BCUT2D eigenvalue weighted by molar-refractivity contribution is -0.385. The number of anilines is 1. The molecule has 1 heterocycles. The van der Waals surface area contributed by atoms with Gasteiger partial charge < -0.3 is 10.6 Å². The number of nitrogen functional groups attached to an aromatic ring is 1. The van der Waals surface area contributed by atoms with Crippen LogP contribution >= 0.6 is 0 Å². The zero-order chi connectivity index (χ0) is 15.8. The Balaban J connectivity index is 2.37. The Kier molecular flexibility index (Phi) is 3.86. The van der Waals surface area contributed by atoms with Crippen LogP contribution in [0.1, 0.15) is 17.3 Å². The molecule has 0 spiro atoms. The standard InChI is InChI=1S/C12H15N3O5S/c1-8-7-21(19,20)5-4-14(8)12(16)10-6-9(13)2-3-11(10)15(17)18/h2-3,6,8H,4-5,7,13H2,1H3. The number of nitrogens with zero attached hydrogens (tertiary/aromatic N) is 2. The Morgan fingerprint density at radius 1 is 1.48 bits per heavy atom. The molecule has 0 radical (unpaired) electrons. The van der Waals surface area contributed by atoms with Gasteiger partial charge in [-0.2, -0.15) is 0 Å². The highest BCUT2D eigenvalue weighted by Gasteiger charge is 2.34. The maximum absolute atomic E-state index is 12.5. The highest BCUT2D eigenvalue weighted by Crippen LogP contribution is 2.25. The molecule has 2 N–H and O–H groups in total. The molecule has 0 aromatic heterocycles. The van der Waals surface area contributed by atoms with E-state index in [0.29, 0.717) is 0 Å². The first-order chi connectivity index (χ1) is 9.71. The van der Waals surface area contributed by atoms with Crippen molar-refractivity contribution >= 4 is 27.1 Å². The molecule has 1 fully saturated rings. The second kappa shape index (κ2) is 5.32. The van der Waals surface area contributed by atoms with Gasteiger partial charge in [-0.05, 0) is 19.1 Å². The predicted octanol–water partition coefficient (Wildman–Crippen LogP) is 0.436. The number of sulfone groups is 1. The minimum atomic E-state index is -3.17. The van der Waals surface area contributed by atoms with Gasteiger partial charge in [0.1, 0.15) is 5.56 Å². The quantitative estimate of drug-likeness (QED) is 0.480. The summed E-state index contributed by atoms with van der Waals surface area (Å²) in [4.78, 5) is 24.2. The van der Waals surface area contributed by atoms with Crippen LogP contribution in [0.15, 0.2) is 18.2 Å². The van der Waals surface area contributed by atoms with E-state index >= 15 is 0 Å². The van der Waals surface area contributed by atoms with Gasteiger partial charge in [0, 0.05) is 24.3 Å². The third kappa shape index (κ3) is 3.13. The van der Waals surface area contributed by atoms with Gasteiger partial charge in [-0.3, -0.25) is 14.9 Å². The summed E-state index contributed by atoms with van der Waals surface area (Å²) in [7, 11) is -3.17. The van der Waals surface area contributed by atoms with E-state index in [1.54, 1.807) is 6.92 Å². The van der Waals surface area contributed by atoms with Crippen molar-refractivity contribution in [1.82, 2.24) is 4.90 Å². The summed E-state index contributed by atoms with van der Waals surface area (Å²) < 4.78 is 23.1.